The summed E-state index contributed by atoms with van der Waals surface area (Å²) in [5.74, 6) is -3.55. The standard InChI is InChI=1S/C20H12Br2N2O7S/c21-13-5-9(6-14(22)16(13)31-8-15(25)26)4-12-17(27)23-20(32)24(18(12)28)11-3-1-2-10(7-11)19(29)30/h1-7H,8H2,(H,25,26)(H,29,30)(H,23,27,32). The van der Waals surface area contributed by atoms with E-state index in [4.69, 9.17) is 22.1 Å². The highest BCUT2D eigenvalue weighted by Crippen LogP contribution is 2.35. The summed E-state index contributed by atoms with van der Waals surface area (Å²) in [5, 5.41) is 20.2. The highest BCUT2D eigenvalue weighted by Gasteiger charge is 2.34. The van der Waals surface area contributed by atoms with Crippen molar-refractivity contribution in [2.24, 2.45) is 0 Å². The van der Waals surface area contributed by atoms with Gasteiger partial charge in [0.2, 0.25) is 0 Å². The first-order valence-corrected chi connectivity index (χ1v) is 10.7. The molecule has 1 fully saturated rings. The number of carbonyl (C=O) groups excluding carboxylic acids is 2. The fraction of sp³-hybridized carbons (Fsp3) is 0.0500. The number of carboxylic acids is 2. The van der Waals surface area contributed by atoms with Gasteiger partial charge in [-0.05, 0) is 86.0 Å². The largest absolute Gasteiger partial charge is 0.480 e. The zero-order chi connectivity index (χ0) is 23.6. The van der Waals surface area contributed by atoms with Gasteiger partial charge in [-0.1, -0.05) is 6.07 Å². The van der Waals surface area contributed by atoms with Gasteiger partial charge in [-0.15, -0.1) is 0 Å². The van der Waals surface area contributed by atoms with Crippen LogP contribution in [-0.4, -0.2) is 45.7 Å². The van der Waals surface area contributed by atoms with E-state index in [1.54, 1.807) is 0 Å². The zero-order valence-corrected chi connectivity index (χ0v) is 19.8. The summed E-state index contributed by atoms with van der Waals surface area (Å²) < 4.78 is 5.99. The van der Waals surface area contributed by atoms with Crippen LogP contribution in [0.15, 0.2) is 50.9 Å². The molecule has 32 heavy (non-hydrogen) atoms. The molecule has 0 atom stereocenters. The van der Waals surface area contributed by atoms with Crippen molar-refractivity contribution >= 4 is 84.7 Å². The van der Waals surface area contributed by atoms with E-state index in [1.165, 1.54) is 42.5 Å². The summed E-state index contributed by atoms with van der Waals surface area (Å²) in [4.78, 5) is 48.6. The fourth-order valence-corrected chi connectivity index (χ4v) is 4.50. The Bertz CT molecular complexity index is 1190. The van der Waals surface area contributed by atoms with Crippen molar-refractivity contribution < 1.29 is 34.1 Å². The molecule has 0 bridgehead atoms. The number of hydrogen-bond acceptors (Lipinski definition) is 6. The zero-order valence-electron chi connectivity index (χ0n) is 15.8. The normalized spacial score (nSPS) is 15.0. The molecule has 2 aromatic carbocycles. The van der Waals surface area contributed by atoms with Gasteiger partial charge < -0.3 is 14.9 Å². The van der Waals surface area contributed by atoms with E-state index in [2.05, 4.69) is 37.2 Å². The van der Waals surface area contributed by atoms with Crippen molar-refractivity contribution in [2.75, 3.05) is 11.5 Å². The number of amides is 2. The first kappa shape index (κ1) is 23.6. The Balaban J connectivity index is 1.98. The molecule has 2 amide bonds. The number of carbonyl (C=O) groups is 4. The number of benzene rings is 2. The van der Waals surface area contributed by atoms with Crippen LogP contribution in [0.2, 0.25) is 0 Å². The number of ether oxygens (including phenoxy) is 1. The minimum Gasteiger partial charge on any atom is -0.480 e. The molecular weight excluding hydrogens is 572 g/mol. The Morgan fingerprint density at radius 3 is 2.38 bits per heavy atom. The number of halogens is 2. The van der Waals surface area contributed by atoms with E-state index in [0.29, 0.717) is 14.5 Å². The molecule has 1 aliphatic heterocycles. The molecule has 164 valence electrons. The van der Waals surface area contributed by atoms with Crippen LogP contribution in [-0.2, 0) is 14.4 Å². The van der Waals surface area contributed by atoms with Gasteiger partial charge in [0, 0.05) is 0 Å². The molecular formula is C20H12Br2N2O7S. The molecule has 0 radical (unpaired) electrons. The Hall–Kier alpha value is -3.09. The monoisotopic (exact) mass is 582 g/mol. The first-order valence-electron chi connectivity index (χ1n) is 8.67. The molecule has 12 heteroatoms. The second-order valence-electron chi connectivity index (χ2n) is 6.31. The Kier molecular flexibility index (Phi) is 7.06. The van der Waals surface area contributed by atoms with Gasteiger partial charge in [0.05, 0.1) is 20.2 Å². The maximum absolute atomic E-state index is 13.1. The van der Waals surface area contributed by atoms with Crippen LogP contribution in [0.4, 0.5) is 5.69 Å². The van der Waals surface area contributed by atoms with E-state index in [1.807, 2.05) is 0 Å². The summed E-state index contributed by atoms with van der Waals surface area (Å²) in [6.07, 6.45) is 1.32. The maximum atomic E-state index is 13.1. The van der Waals surface area contributed by atoms with Crippen molar-refractivity contribution in [1.82, 2.24) is 5.32 Å². The summed E-state index contributed by atoms with van der Waals surface area (Å²) >= 11 is 11.7. The molecule has 9 nitrogen and oxygen atoms in total. The van der Waals surface area contributed by atoms with Gasteiger partial charge in [0.25, 0.3) is 11.8 Å². The lowest BCUT2D eigenvalue weighted by atomic mass is 10.1. The van der Waals surface area contributed by atoms with Gasteiger partial charge in [-0.3, -0.25) is 19.8 Å². The van der Waals surface area contributed by atoms with E-state index in [9.17, 15) is 24.3 Å². The number of aliphatic carboxylic acids is 1. The SMILES string of the molecule is O=C(O)COc1c(Br)cc(C=C2C(=O)NC(=S)N(c3cccc(C(=O)O)c3)C2=O)cc1Br. The lowest BCUT2D eigenvalue weighted by Gasteiger charge is -2.29. The second kappa shape index (κ2) is 9.59. The predicted octanol–water partition coefficient (Wildman–Crippen LogP) is 3.20. The third-order valence-electron chi connectivity index (χ3n) is 4.12. The van der Waals surface area contributed by atoms with E-state index >= 15 is 0 Å². The fourth-order valence-electron chi connectivity index (χ4n) is 2.77. The van der Waals surface area contributed by atoms with Crippen molar-refractivity contribution in [3.63, 3.8) is 0 Å². The lowest BCUT2D eigenvalue weighted by molar-refractivity contribution is -0.139. The van der Waals surface area contributed by atoms with Gasteiger partial charge in [-0.2, -0.15) is 0 Å². The number of nitrogens with zero attached hydrogens (tertiary/aromatic N) is 1. The number of rotatable bonds is 6. The smallest absolute Gasteiger partial charge is 0.341 e. The molecule has 0 saturated carbocycles. The number of hydrogen-bond donors (Lipinski definition) is 3. The number of anilines is 1. The second-order valence-corrected chi connectivity index (χ2v) is 8.40. The third-order valence-corrected chi connectivity index (χ3v) is 5.59. The molecule has 2 aromatic rings. The number of thiocarbonyl (C=S) groups is 1. The van der Waals surface area contributed by atoms with Crippen LogP contribution in [0.1, 0.15) is 15.9 Å². The van der Waals surface area contributed by atoms with Crippen LogP contribution in [0.25, 0.3) is 6.08 Å². The molecule has 1 aliphatic rings. The van der Waals surface area contributed by atoms with Crippen LogP contribution < -0.4 is 15.0 Å². The van der Waals surface area contributed by atoms with Gasteiger partial charge in [-0.25, -0.2) is 9.59 Å². The predicted molar refractivity (Wildman–Crippen MR) is 125 cm³/mol. The minimum absolute atomic E-state index is 0.0506. The summed E-state index contributed by atoms with van der Waals surface area (Å²) in [6.45, 7) is -0.555. The van der Waals surface area contributed by atoms with E-state index < -0.39 is 30.4 Å². The molecule has 1 heterocycles. The molecule has 0 spiro atoms. The topological polar surface area (TPSA) is 133 Å². The van der Waals surface area contributed by atoms with Gasteiger partial charge >= 0.3 is 11.9 Å². The number of carboxylic acid groups (broad SMARTS) is 2. The van der Waals surface area contributed by atoms with Crippen LogP contribution in [0.5, 0.6) is 5.75 Å². The third kappa shape index (κ3) is 5.03. The molecule has 0 aliphatic carbocycles. The van der Waals surface area contributed by atoms with Crippen LogP contribution in [0.3, 0.4) is 0 Å². The lowest BCUT2D eigenvalue weighted by Crippen LogP contribution is -2.54. The Morgan fingerprint density at radius 2 is 1.78 bits per heavy atom. The first-order chi connectivity index (χ1) is 15.1. The highest BCUT2D eigenvalue weighted by molar-refractivity contribution is 9.11. The van der Waals surface area contributed by atoms with Gasteiger partial charge in [0.1, 0.15) is 11.3 Å². The van der Waals surface area contributed by atoms with Gasteiger partial charge in [0.15, 0.2) is 11.7 Å². The highest BCUT2D eigenvalue weighted by atomic mass is 79.9. The van der Waals surface area contributed by atoms with Crippen LogP contribution in [0, 0.1) is 0 Å². The number of aromatic carboxylic acids is 1. The van der Waals surface area contributed by atoms with Crippen molar-refractivity contribution in [3.05, 3.63) is 62.0 Å². The molecule has 1 saturated heterocycles. The van der Waals surface area contributed by atoms with Crippen LogP contribution >= 0.6 is 44.1 Å². The average Bonchev–Trinajstić information content (AvgIpc) is 2.70. The van der Waals surface area contributed by atoms with Crippen molar-refractivity contribution in [3.8, 4) is 5.75 Å². The Labute approximate surface area is 202 Å². The Morgan fingerprint density at radius 1 is 1.12 bits per heavy atom. The summed E-state index contributed by atoms with van der Waals surface area (Å²) in [5.41, 5.74) is 0.324. The molecule has 0 unspecified atom stereocenters. The van der Waals surface area contributed by atoms with Crippen molar-refractivity contribution in [2.45, 2.75) is 0 Å². The summed E-state index contributed by atoms with van der Waals surface area (Å²) in [6, 6.07) is 8.66. The molecule has 0 aromatic heterocycles. The quantitative estimate of drug-likeness (QED) is 0.268. The summed E-state index contributed by atoms with van der Waals surface area (Å²) in [7, 11) is 0. The average molecular weight is 584 g/mol. The maximum Gasteiger partial charge on any atom is 0.341 e. The minimum atomic E-state index is -1.18. The number of nitrogens with one attached hydrogen (secondary N) is 1. The molecule has 3 N–H and O–H groups in total. The van der Waals surface area contributed by atoms with E-state index in [-0.39, 0.29) is 27.7 Å². The van der Waals surface area contributed by atoms with E-state index in [0.717, 1.165) is 4.90 Å². The molecule has 3 rings (SSSR count). The van der Waals surface area contributed by atoms with Crippen molar-refractivity contribution in [1.29, 1.82) is 0 Å².